The first kappa shape index (κ1) is 12.5. The molecular formula is C8H14N6OS. The van der Waals surface area contributed by atoms with Gasteiger partial charge < -0.3 is 10.6 Å². The monoisotopic (exact) mass is 242 g/mol. The van der Waals surface area contributed by atoms with E-state index in [2.05, 4.69) is 15.1 Å². The molecule has 0 amide bonds. The molecule has 16 heavy (non-hydrogen) atoms. The van der Waals surface area contributed by atoms with Gasteiger partial charge >= 0.3 is 0 Å². The summed E-state index contributed by atoms with van der Waals surface area (Å²) >= 11 is 1.16. The van der Waals surface area contributed by atoms with Crippen molar-refractivity contribution in [1.82, 2.24) is 15.0 Å². The highest BCUT2D eigenvalue weighted by Crippen LogP contribution is 2.19. The number of thioether (sulfide) groups is 1. The molecule has 0 bridgehead atoms. The van der Waals surface area contributed by atoms with Crippen molar-refractivity contribution in [1.29, 1.82) is 0 Å². The second kappa shape index (κ2) is 5.52. The second-order valence-corrected chi connectivity index (χ2v) is 3.89. The molecule has 1 aromatic rings. The van der Waals surface area contributed by atoms with Crippen LogP contribution < -0.4 is 16.4 Å². The quantitative estimate of drug-likeness (QED) is 0.187. The Labute approximate surface area is 97.8 Å². The maximum atomic E-state index is 5.52. The van der Waals surface area contributed by atoms with Crippen LogP contribution in [-0.2, 0) is 0 Å². The zero-order valence-electron chi connectivity index (χ0n) is 9.34. The van der Waals surface area contributed by atoms with Crippen LogP contribution in [0.25, 0.3) is 0 Å². The van der Waals surface area contributed by atoms with Gasteiger partial charge in [-0.05, 0) is 18.7 Å². The van der Waals surface area contributed by atoms with Crippen LogP contribution in [0, 0.1) is 6.92 Å². The molecule has 0 atom stereocenters. The number of aromatic nitrogens is 2. The molecule has 0 saturated heterocycles. The molecule has 0 aliphatic carbocycles. The van der Waals surface area contributed by atoms with E-state index in [1.807, 2.05) is 6.92 Å². The van der Waals surface area contributed by atoms with Gasteiger partial charge in [-0.3, -0.25) is 5.01 Å². The minimum Gasteiger partial charge on any atom is -0.481 e. The van der Waals surface area contributed by atoms with Crippen LogP contribution in [0.15, 0.2) is 16.3 Å². The van der Waals surface area contributed by atoms with Crippen molar-refractivity contribution in [2.75, 3.05) is 14.2 Å². The molecule has 0 fully saturated rings. The smallest absolute Gasteiger partial charge is 0.217 e. The van der Waals surface area contributed by atoms with Gasteiger partial charge in [-0.15, -0.1) is 0 Å². The number of hydrogen-bond donors (Lipinski definition) is 2. The summed E-state index contributed by atoms with van der Waals surface area (Å²) in [6, 6.07) is 1.73. The molecular weight excluding hydrogens is 228 g/mol. The largest absolute Gasteiger partial charge is 0.481 e. The molecule has 0 aliphatic heterocycles. The number of hydrogen-bond acceptors (Lipinski definition) is 7. The molecule has 0 spiro atoms. The Balaban J connectivity index is 2.92. The third-order valence-corrected chi connectivity index (χ3v) is 2.56. The lowest BCUT2D eigenvalue weighted by Crippen LogP contribution is -2.32. The lowest BCUT2D eigenvalue weighted by atomic mass is 10.4. The van der Waals surface area contributed by atoms with Gasteiger partial charge in [-0.1, -0.05) is 0 Å². The summed E-state index contributed by atoms with van der Waals surface area (Å²) in [5, 5.41) is 5.72. The van der Waals surface area contributed by atoms with E-state index < -0.39 is 0 Å². The van der Waals surface area contributed by atoms with Gasteiger partial charge in [0.2, 0.25) is 11.0 Å². The Hall–Kier alpha value is -1.54. The van der Waals surface area contributed by atoms with E-state index in [4.69, 9.17) is 16.4 Å². The van der Waals surface area contributed by atoms with Crippen molar-refractivity contribution in [3.63, 3.8) is 0 Å². The van der Waals surface area contributed by atoms with E-state index in [1.54, 1.807) is 20.2 Å². The zero-order valence-corrected chi connectivity index (χ0v) is 10.2. The van der Waals surface area contributed by atoms with E-state index in [0.29, 0.717) is 16.2 Å². The molecule has 88 valence electrons. The summed E-state index contributed by atoms with van der Waals surface area (Å²) in [7, 11) is 3.18. The zero-order chi connectivity index (χ0) is 12.1. The Kier molecular flexibility index (Phi) is 4.32. The SMILES string of the molecule is COc1cc(C)nc(S/C(=N/N)N(C)N)n1. The minimum atomic E-state index is 0.410. The van der Waals surface area contributed by atoms with Crippen LogP contribution in [-0.4, -0.2) is 34.3 Å². The Morgan fingerprint density at radius 1 is 1.56 bits per heavy atom. The maximum Gasteiger partial charge on any atom is 0.217 e. The first-order chi connectivity index (χ1) is 7.56. The number of methoxy groups -OCH3 is 1. The van der Waals surface area contributed by atoms with Crippen molar-refractivity contribution < 1.29 is 4.74 Å². The van der Waals surface area contributed by atoms with Gasteiger partial charge in [-0.2, -0.15) is 10.1 Å². The fourth-order valence-electron chi connectivity index (χ4n) is 0.935. The maximum absolute atomic E-state index is 5.52. The van der Waals surface area contributed by atoms with Crippen LogP contribution >= 0.6 is 11.8 Å². The normalized spacial score (nSPS) is 11.4. The van der Waals surface area contributed by atoms with Gasteiger partial charge in [0.1, 0.15) is 0 Å². The molecule has 1 heterocycles. The van der Waals surface area contributed by atoms with Crippen molar-refractivity contribution in [3.8, 4) is 5.88 Å². The fraction of sp³-hybridized carbons (Fsp3) is 0.375. The van der Waals surface area contributed by atoms with E-state index in [-0.39, 0.29) is 0 Å². The average molecular weight is 242 g/mol. The third kappa shape index (κ3) is 3.24. The van der Waals surface area contributed by atoms with Crippen LogP contribution in [0.4, 0.5) is 0 Å². The molecule has 7 nitrogen and oxygen atoms in total. The number of amidine groups is 1. The van der Waals surface area contributed by atoms with Gasteiger partial charge in [-0.25, -0.2) is 10.8 Å². The number of hydrazine groups is 1. The van der Waals surface area contributed by atoms with Crippen molar-refractivity contribution in [3.05, 3.63) is 11.8 Å². The molecule has 0 unspecified atom stereocenters. The Bertz CT molecular complexity index is 394. The molecule has 1 aromatic heterocycles. The van der Waals surface area contributed by atoms with Crippen LogP contribution in [0.2, 0.25) is 0 Å². The lowest BCUT2D eigenvalue weighted by molar-refractivity contribution is 0.391. The number of hydrazone groups is 1. The number of ether oxygens (including phenoxy) is 1. The van der Waals surface area contributed by atoms with Gasteiger partial charge in [0.05, 0.1) is 7.11 Å². The third-order valence-electron chi connectivity index (χ3n) is 1.61. The number of nitrogens with zero attached hydrogens (tertiary/aromatic N) is 4. The van der Waals surface area contributed by atoms with E-state index in [0.717, 1.165) is 17.5 Å². The van der Waals surface area contributed by atoms with E-state index in [9.17, 15) is 0 Å². The molecule has 0 saturated carbocycles. The van der Waals surface area contributed by atoms with Gasteiger partial charge in [0.25, 0.3) is 0 Å². The predicted octanol–water partition coefficient (Wildman–Crippen LogP) is -0.0791. The van der Waals surface area contributed by atoms with Gasteiger partial charge in [0.15, 0.2) is 5.16 Å². The van der Waals surface area contributed by atoms with E-state index >= 15 is 0 Å². The van der Waals surface area contributed by atoms with Gasteiger partial charge in [0, 0.05) is 18.8 Å². The molecule has 0 aromatic carbocycles. The minimum absolute atomic E-state index is 0.410. The first-order valence-corrected chi connectivity index (χ1v) is 5.22. The first-order valence-electron chi connectivity index (χ1n) is 4.40. The van der Waals surface area contributed by atoms with E-state index in [1.165, 1.54) is 5.01 Å². The summed E-state index contributed by atoms with van der Waals surface area (Å²) in [5.74, 6) is 11.2. The molecule has 8 heteroatoms. The van der Waals surface area contributed by atoms with Crippen LogP contribution in [0.1, 0.15) is 5.69 Å². The standard InChI is InChI=1S/C8H14N6OS/c1-5-4-6(15-3)12-7(11-5)16-8(13-9)14(2)10/h4H,9-10H2,1-3H3/b13-8+. The lowest BCUT2D eigenvalue weighted by Gasteiger charge is -2.12. The summed E-state index contributed by atoms with van der Waals surface area (Å²) in [5.41, 5.74) is 0.797. The predicted molar refractivity (Wildman–Crippen MR) is 62.8 cm³/mol. The summed E-state index contributed by atoms with van der Waals surface area (Å²) in [4.78, 5) is 8.34. The fourth-order valence-corrected chi connectivity index (χ4v) is 1.62. The highest BCUT2D eigenvalue weighted by molar-refractivity contribution is 8.13. The number of aryl methyl sites for hydroxylation is 1. The molecule has 1 rings (SSSR count). The summed E-state index contributed by atoms with van der Waals surface area (Å²) < 4.78 is 5.03. The average Bonchev–Trinajstić information content (AvgIpc) is 2.24. The molecule has 0 aliphatic rings. The highest BCUT2D eigenvalue weighted by Gasteiger charge is 2.10. The Morgan fingerprint density at radius 2 is 2.25 bits per heavy atom. The summed E-state index contributed by atoms with van der Waals surface area (Å²) in [6.07, 6.45) is 0. The number of rotatable bonds is 2. The van der Waals surface area contributed by atoms with Crippen LogP contribution in [0.5, 0.6) is 5.88 Å². The molecule has 0 radical (unpaired) electrons. The van der Waals surface area contributed by atoms with Crippen molar-refractivity contribution >= 4 is 16.9 Å². The molecule has 4 N–H and O–H groups in total. The second-order valence-electron chi connectivity index (χ2n) is 2.96. The Morgan fingerprint density at radius 3 is 2.75 bits per heavy atom. The highest BCUT2D eigenvalue weighted by atomic mass is 32.2. The topological polar surface area (TPSA) is 103 Å². The van der Waals surface area contributed by atoms with Crippen LogP contribution in [0.3, 0.4) is 0 Å². The number of nitrogens with two attached hydrogens (primary N) is 2. The van der Waals surface area contributed by atoms with Crippen molar-refractivity contribution in [2.24, 2.45) is 16.8 Å². The van der Waals surface area contributed by atoms with Crippen molar-refractivity contribution in [2.45, 2.75) is 12.1 Å². The summed E-state index contributed by atoms with van der Waals surface area (Å²) in [6.45, 7) is 1.85.